The summed E-state index contributed by atoms with van der Waals surface area (Å²) in [6, 6.07) is 16.6. The van der Waals surface area contributed by atoms with Crippen LogP contribution in [0, 0.1) is 0 Å². The van der Waals surface area contributed by atoms with E-state index in [4.69, 9.17) is 16.3 Å². The Hall–Kier alpha value is -2.10. The van der Waals surface area contributed by atoms with Crippen LogP contribution in [0.2, 0.25) is 5.02 Å². The van der Waals surface area contributed by atoms with Crippen molar-refractivity contribution < 1.29 is 9.84 Å². The molecule has 0 spiro atoms. The van der Waals surface area contributed by atoms with Gasteiger partial charge in [0.15, 0.2) is 0 Å². The Balaban J connectivity index is 2.07. The van der Waals surface area contributed by atoms with E-state index in [0.29, 0.717) is 22.2 Å². The molecule has 0 aliphatic carbocycles. The molecule has 1 N–H and O–H groups in total. The highest BCUT2D eigenvalue weighted by Crippen LogP contribution is 2.30. The van der Waals surface area contributed by atoms with E-state index < -0.39 is 0 Å². The minimum atomic E-state index is -0.123. The molecule has 0 saturated carbocycles. The largest absolute Gasteiger partial charge is 0.457 e. The zero-order valence-corrected chi connectivity index (χ0v) is 11.3. The number of ether oxygens (including phenoxy) is 1. The first kappa shape index (κ1) is 12.9. The summed E-state index contributed by atoms with van der Waals surface area (Å²) in [6.45, 7) is -0.123. The van der Waals surface area contributed by atoms with Crippen molar-refractivity contribution >= 4 is 22.5 Å². The van der Waals surface area contributed by atoms with E-state index in [1.165, 1.54) is 0 Å². The maximum atomic E-state index is 9.29. The van der Waals surface area contributed by atoms with Gasteiger partial charge in [-0.25, -0.2) is 0 Å². The van der Waals surface area contributed by atoms with Gasteiger partial charge in [0.05, 0.1) is 17.8 Å². The van der Waals surface area contributed by atoms with Crippen LogP contribution in [0.3, 0.4) is 0 Å². The molecule has 3 aromatic rings. The average molecular weight is 286 g/mol. The van der Waals surface area contributed by atoms with Gasteiger partial charge >= 0.3 is 0 Å². The van der Waals surface area contributed by atoms with Gasteiger partial charge in [0.2, 0.25) is 0 Å². The monoisotopic (exact) mass is 285 g/mol. The second kappa shape index (κ2) is 5.49. The molecule has 4 heteroatoms. The van der Waals surface area contributed by atoms with Gasteiger partial charge in [0.1, 0.15) is 11.5 Å². The Kier molecular flexibility index (Phi) is 3.54. The lowest BCUT2D eigenvalue weighted by Gasteiger charge is -2.10. The van der Waals surface area contributed by atoms with Crippen LogP contribution in [0.4, 0.5) is 0 Å². The van der Waals surface area contributed by atoms with Crippen molar-refractivity contribution in [2.75, 3.05) is 0 Å². The number of para-hydroxylation sites is 1. The minimum absolute atomic E-state index is 0.123. The van der Waals surface area contributed by atoms with Crippen LogP contribution in [0.5, 0.6) is 11.5 Å². The van der Waals surface area contributed by atoms with E-state index in [0.717, 1.165) is 10.9 Å². The van der Waals surface area contributed by atoms with E-state index in [1.807, 2.05) is 24.3 Å². The maximum absolute atomic E-state index is 9.29. The van der Waals surface area contributed by atoms with E-state index in [1.54, 1.807) is 30.3 Å². The summed E-state index contributed by atoms with van der Waals surface area (Å²) in [5.74, 6) is 1.36. The number of aliphatic hydroxyl groups is 1. The number of rotatable bonds is 3. The summed E-state index contributed by atoms with van der Waals surface area (Å²) in [7, 11) is 0. The number of pyridine rings is 1. The van der Waals surface area contributed by atoms with Crippen LogP contribution >= 0.6 is 11.6 Å². The van der Waals surface area contributed by atoms with Crippen molar-refractivity contribution in [2.45, 2.75) is 6.61 Å². The van der Waals surface area contributed by atoms with Gasteiger partial charge in [0.25, 0.3) is 0 Å². The quantitative estimate of drug-likeness (QED) is 0.785. The SMILES string of the molecule is OCc1cc(Oc2ccc(Cl)cc2)c2ccccc2n1. The lowest BCUT2D eigenvalue weighted by Crippen LogP contribution is -1.93. The molecule has 1 heterocycles. The Labute approximate surface area is 121 Å². The molecule has 0 saturated heterocycles. The summed E-state index contributed by atoms with van der Waals surface area (Å²) < 4.78 is 5.88. The van der Waals surface area contributed by atoms with Gasteiger partial charge in [-0.05, 0) is 36.4 Å². The Morgan fingerprint density at radius 3 is 2.55 bits per heavy atom. The third-order valence-corrected chi connectivity index (χ3v) is 3.19. The van der Waals surface area contributed by atoms with E-state index in [-0.39, 0.29) is 6.61 Å². The number of hydrogen-bond donors (Lipinski definition) is 1. The normalized spacial score (nSPS) is 10.7. The predicted octanol–water partition coefficient (Wildman–Crippen LogP) is 4.17. The zero-order chi connectivity index (χ0) is 13.9. The van der Waals surface area contributed by atoms with Gasteiger partial charge in [0, 0.05) is 16.5 Å². The molecule has 3 rings (SSSR count). The van der Waals surface area contributed by atoms with Crippen LogP contribution < -0.4 is 4.74 Å². The smallest absolute Gasteiger partial charge is 0.138 e. The second-order valence-corrected chi connectivity index (χ2v) is 4.78. The fraction of sp³-hybridized carbons (Fsp3) is 0.0625. The van der Waals surface area contributed by atoms with E-state index in [2.05, 4.69) is 4.98 Å². The highest BCUT2D eigenvalue weighted by molar-refractivity contribution is 6.30. The molecule has 20 heavy (non-hydrogen) atoms. The van der Waals surface area contributed by atoms with Crippen LogP contribution in [0.1, 0.15) is 5.69 Å². The molecule has 0 unspecified atom stereocenters. The summed E-state index contributed by atoms with van der Waals surface area (Å²) in [5, 5.41) is 10.9. The molecule has 0 amide bonds. The molecule has 0 fully saturated rings. The molecule has 0 bridgehead atoms. The Bertz CT molecular complexity index is 741. The van der Waals surface area contributed by atoms with Crippen LogP contribution in [-0.4, -0.2) is 10.1 Å². The van der Waals surface area contributed by atoms with Gasteiger partial charge < -0.3 is 9.84 Å². The first-order chi connectivity index (χ1) is 9.76. The highest BCUT2D eigenvalue weighted by Gasteiger charge is 2.07. The van der Waals surface area contributed by atoms with Crippen molar-refractivity contribution in [3.63, 3.8) is 0 Å². The second-order valence-electron chi connectivity index (χ2n) is 4.34. The van der Waals surface area contributed by atoms with Gasteiger partial charge in [-0.2, -0.15) is 0 Å². The third kappa shape index (κ3) is 2.59. The zero-order valence-electron chi connectivity index (χ0n) is 10.6. The molecule has 2 aromatic carbocycles. The lowest BCUT2D eigenvalue weighted by atomic mass is 10.2. The fourth-order valence-electron chi connectivity index (χ4n) is 1.99. The third-order valence-electron chi connectivity index (χ3n) is 2.93. The number of fused-ring (bicyclic) bond motifs is 1. The summed E-state index contributed by atoms with van der Waals surface area (Å²) in [5.41, 5.74) is 1.37. The van der Waals surface area contributed by atoms with Gasteiger partial charge in [-0.1, -0.05) is 23.7 Å². The summed E-state index contributed by atoms with van der Waals surface area (Å²) in [4.78, 5) is 4.36. The standard InChI is InChI=1S/C16H12ClNO2/c17-11-5-7-13(8-6-11)20-16-9-12(10-19)18-15-4-2-1-3-14(15)16/h1-9,19H,10H2. The molecule has 0 radical (unpaired) electrons. The highest BCUT2D eigenvalue weighted by atomic mass is 35.5. The fourth-order valence-corrected chi connectivity index (χ4v) is 2.12. The van der Waals surface area contributed by atoms with Crippen molar-refractivity contribution in [3.8, 4) is 11.5 Å². The summed E-state index contributed by atoms with van der Waals surface area (Å²) >= 11 is 5.86. The van der Waals surface area contributed by atoms with Crippen LogP contribution in [-0.2, 0) is 6.61 Å². The van der Waals surface area contributed by atoms with Crippen molar-refractivity contribution in [2.24, 2.45) is 0 Å². The van der Waals surface area contributed by atoms with E-state index >= 15 is 0 Å². The number of hydrogen-bond acceptors (Lipinski definition) is 3. The topological polar surface area (TPSA) is 42.4 Å². The first-order valence-electron chi connectivity index (χ1n) is 6.19. The molecule has 1 aromatic heterocycles. The number of benzene rings is 2. The molecule has 0 aliphatic heterocycles. The number of nitrogens with zero attached hydrogens (tertiary/aromatic N) is 1. The van der Waals surface area contributed by atoms with Crippen LogP contribution in [0.25, 0.3) is 10.9 Å². The Morgan fingerprint density at radius 2 is 1.80 bits per heavy atom. The van der Waals surface area contributed by atoms with Crippen molar-refractivity contribution in [3.05, 3.63) is 65.3 Å². The van der Waals surface area contributed by atoms with E-state index in [9.17, 15) is 5.11 Å². The molecular weight excluding hydrogens is 274 g/mol. The van der Waals surface area contributed by atoms with Crippen molar-refractivity contribution in [1.29, 1.82) is 0 Å². The number of aromatic nitrogens is 1. The Morgan fingerprint density at radius 1 is 1.05 bits per heavy atom. The predicted molar refractivity (Wildman–Crippen MR) is 79.2 cm³/mol. The molecule has 0 atom stereocenters. The number of halogens is 1. The average Bonchev–Trinajstić information content (AvgIpc) is 2.49. The molecule has 3 nitrogen and oxygen atoms in total. The maximum Gasteiger partial charge on any atom is 0.138 e. The van der Waals surface area contributed by atoms with Crippen molar-refractivity contribution in [1.82, 2.24) is 4.98 Å². The first-order valence-corrected chi connectivity index (χ1v) is 6.57. The molecule has 100 valence electrons. The van der Waals surface area contributed by atoms with Gasteiger partial charge in [-0.15, -0.1) is 0 Å². The molecule has 0 aliphatic rings. The number of aliphatic hydroxyl groups excluding tert-OH is 1. The van der Waals surface area contributed by atoms with Gasteiger partial charge in [-0.3, -0.25) is 4.98 Å². The summed E-state index contributed by atoms with van der Waals surface area (Å²) in [6.07, 6.45) is 0. The molecular formula is C16H12ClNO2. The lowest BCUT2D eigenvalue weighted by molar-refractivity contribution is 0.277. The minimum Gasteiger partial charge on any atom is -0.457 e. The van der Waals surface area contributed by atoms with Crippen LogP contribution in [0.15, 0.2) is 54.6 Å².